The SMILES string of the molecule is [N-]=C1C=c2ccc(C=N)c(O)c2=C1. The first-order valence-corrected chi connectivity index (χ1v) is 3.84. The number of rotatable bonds is 1. The Kier molecular flexibility index (Phi) is 1.52. The van der Waals surface area contributed by atoms with Crippen molar-refractivity contribution in [3.8, 4) is 5.75 Å². The van der Waals surface area contributed by atoms with E-state index in [1.54, 1.807) is 18.2 Å². The molecule has 0 aliphatic heterocycles. The lowest BCUT2D eigenvalue weighted by Gasteiger charge is -1.97. The van der Waals surface area contributed by atoms with Crippen molar-refractivity contribution in [2.45, 2.75) is 0 Å². The Bertz CT molecular complexity index is 514. The molecule has 3 heteroatoms. The monoisotopic (exact) mass is 171 g/mol. The van der Waals surface area contributed by atoms with Gasteiger partial charge in [0.1, 0.15) is 5.75 Å². The smallest absolute Gasteiger partial charge is 0.132 e. The molecule has 0 radical (unpaired) electrons. The number of hydrogen-bond donors (Lipinski definition) is 2. The van der Waals surface area contributed by atoms with Gasteiger partial charge in [0.25, 0.3) is 0 Å². The maximum Gasteiger partial charge on any atom is 0.132 e. The zero-order valence-corrected chi connectivity index (χ0v) is 6.78. The van der Waals surface area contributed by atoms with Crippen molar-refractivity contribution in [1.29, 1.82) is 5.41 Å². The summed E-state index contributed by atoms with van der Waals surface area (Å²) in [6.07, 6.45) is 4.14. The molecule has 0 fully saturated rings. The zero-order valence-electron chi connectivity index (χ0n) is 6.78. The minimum atomic E-state index is 0.0489. The Labute approximate surface area is 74.7 Å². The van der Waals surface area contributed by atoms with Crippen LogP contribution in [0.1, 0.15) is 5.56 Å². The van der Waals surface area contributed by atoms with Crippen LogP contribution in [0.2, 0.25) is 0 Å². The molecule has 3 nitrogen and oxygen atoms in total. The van der Waals surface area contributed by atoms with Crippen LogP contribution in [0.25, 0.3) is 17.6 Å². The van der Waals surface area contributed by atoms with Crippen LogP contribution in [0.4, 0.5) is 0 Å². The first-order chi connectivity index (χ1) is 6.22. The molecule has 1 aromatic rings. The van der Waals surface area contributed by atoms with Crippen LogP contribution in [-0.2, 0) is 0 Å². The molecular formula is C10H7N2O-. The van der Waals surface area contributed by atoms with Gasteiger partial charge in [-0.1, -0.05) is 18.2 Å². The Morgan fingerprint density at radius 2 is 2.08 bits per heavy atom. The number of nitrogens with zero attached hydrogens (tertiary/aromatic N) is 1. The van der Waals surface area contributed by atoms with Crippen molar-refractivity contribution in [1.82, 2.24) is 0 Å². The summed E-state index contributed by atoms with van der Waals surface area (Å²) in [4.78, 5) is 0. The van der Waals surface area contributed by atoms with Crippen molar-refractivity contribution in [3.63, 3.8) is 0 Å². The zero-order chi connectivity index (χ0) is 9.42. The maximum atomic E-state index is 9.60. The third-order valence-corrected chi connectivity index (χ3v) is 2.03. The molecule has 0 bridgehead atoms. The fraction of sp³-hybridized carbons (Fsp3) is 0. The highest BCUT2D eigenvalue weighted by Gasteiger charge is 2.03. The molecule has 0 unspecified atom stereocenters. The Morgan fingerprint density at radius 1 is 1.31 bits per heavy atom. The highest BCUT2D eigenvalue weighted by Crippen LogP contribution is 2.06. The first-order valence-electron chi connectivity index (χ1n) is 3.84. The first kappa shape index (κ1) is 7.73. The molecule has 1 aliphatic carbocycles. The summed E-state index contributed by atoms with van der Waals surface area (Å²) in [6, 6.07) is 3.40. The van der Waals surface area contributed by atoms with Gasteiger partial charge < -0.3 is 15.9 Å². The average Bonchev–Trinajstić information content (AvgIpc) is 2.47. The van der Waals surface area contributed by atoms with E-state index in [0.29, 0.717) is 10.8 Å². The molecule has 1 aliphatic rings. The second-order valence-corrected chi connectivity index (χ2v) is 2.86. The number of aromatic hydroxyl groups is 1. The quantitative estimate of drug-likeness (QED) is 0.573. The van der Waals surface area contributed by atoms with Crippen LogP contribution >= 0.6 is 0 Å². The lowest BCUT2D eigenvalue weighted by Crippen LogP contribution is -2.22. The standard InChI is InChI=1S/C10H7N2O/c11-5-7-2-1-6-3-8(12)4-9(6)10(7)13/h1-5,11,13H/q-1. The molecule has 0 saturated heterocycles. The molecule has 0 atom stereocenters. The Hall–Kier alpha value is -1.90. The average molecular weight is 171 g/mol. The summed E-state index contributed by atoms with van der Waals surface area (Å²) in [6.45, 7) is 0. The van der Waals surface area contributed by atoms with Crippen LogP contribution in [-0.4, -0.2) is 17.0 Å². The minimum Gasteiger partial charge on any atom is -0.804 e. The predicted molar refractivity (Wildman–Crippen MR) is 52.5 cm³/mol. The summed E-state index contributed by atoms with van der Waals surface area (Å²) >= 11 is 0. The van der Waals surface area contributed by atoms with E-state index in [-0.39, 0.29) is 11.5 Å². The van der Waals surface area contributed by atoms with E-state index in [2.05, 4.69) is 0 Å². The summed E-state index contributed by atoms with van der Waals surface area (Å²) in [5.74, 6) is 0.0489. The van der Waals surface area contributed by atoms with E-state index < -0.39 is 0 Å². The molecule has 0 amide bonds. The van der Waals surface area contributed by atoms with Gasteiger partial charge in [-0.15, -0.1) is 0 Å². The molecule has 0 spiro atoms. The molecule has 13 heavy (non-hydrogen) atoms. The van der Waals surface area contributed by atoms with Gasteiger partial charge in [-0.05, 0) is 11.3 Å². The Morgan fingerprint density at radius 3 is 2.77 bits per heavy atom. The van der Waals surface area contributed by atoms with Gasteiger partial charge in [0.05, 0.1) is 0 Å². The van der Waals surface area contributed by atoms with Gasteiger partial charge in [-0.2, -0.15) is 5.71 Å². The van der Waals surface area contributed by atoms with Crippen molar-refractivity contribution in [3.05, 3.63) is 33.5 Å². The maximum absolute atomic E-state index is 9.60. The number of hydrogen-bond acceptors (Lipinski definition) is 2. The van der Waals surface area contributed by atoms with E-state index in [1.807, 2.05) is 0 Å². The largest absolute Gasteiger partial charge is 0.804 e. The van der Waals surface area contributed by atoms with E-state index in [1.165, 1.54) is 6.08 Å². The van der Waals surface area contributed by atoms with Gasteiger partial charge in [0.2, 0.25) is 0 Å². The van der Waals surface area contributed by atoms with Crippen LogP contribution < -0.4 is 10.4 Å². The second kappa shape index (κ2) is 2.55. The number of fused-ring (bicyclic) bond motifs is 1. The van der Waals surface area contributed by atoms with Crippen LogP contribution in [0.3, 0.4) is 0 Å². The van der Waals surface area contributed by atoms with E-state index in [0.717, 1.165) is 11.4 Å². The van der Waals surface area contributed by atoms with E-state index in [9.17, 15) is 10.5 Å². The van der Waals surface area contributed by atoms with Gasteiger partial charge >= 0.3 is 0 Å². The minimum absolute atomic E-state index is 0.0489. The number of phenolic OH excluding ortho intramolecular Hbond substituents is 1. The third-order valence-electron chi connectivity index (χ3n) is 2.03. The molecular weight excluding hydrogens is 164 g/mol. The van der Waals surface area contributed by atoms with Gasteiger partial charge in [-0.25, -0.2) is 0 Å². The fourth-order valence-electron chi connectivity index (χ4n) is 1.38. The molecule has 2 N–H and O–H groups in total. The van der Waals surface area contributed by atoms with E-state index >= 15 is 0 Å². The third kappa shape index (κ3) is 1.05. The highest BCUT2D eigenvalue weighted by molar-refractivity contribution is 6.31. The van der Waals surface area contributed by atoms with Gasteiger partial charge in [-0.3, -0.25) is 0 Å². The number of phenols is 1. The van der Waals surface area contributed by atoms with Crippen molar-refractivity contribution in [2.24, 2.45) is 0 Å². The van der Waals surface area contributed by atoms with Crippen molar-refractivity contribution < 1.29 is 5.11 Å². The van der Waals surface area contributed by atoms with Gasteiger partial charge in [0.15, 0.2) is 0 Å². The molecule has 2 rings (SSSR count). The summed E-state index contributed by atoms with van der Waals surface area (Å²) < 4.78 is 0. The predicted octanol–water partition coefficient (Wildman–Crippen LogP) is -0.0251. The number of benzene rings is 1. The topological polar surface area (TPSA) is 66.4 Å². The number of nitrogens with one attached hydrogen (secondary N) is 1. The summed E-state index contributed by atoms with van der Waals surface area (Å²) in [5.41, 5.74) is 0.588. The Balaban J connectivity index is 2.91. The van der Waals surface area contributed by atoms with Crippen molar-refractivity contribution in [2.75, 3.05) is 0 Å². The second-order valence-electron chi connectivity index (χ2n) is 2.86. The molecule has 0 aromatic heterocycles. The molecule has 64 valence electrons. The van der Waals surface area contributed by atoms with Crippen LogP contribution in [0.15, 0.2) is 12.1 Å². The summed E-state index contributed by atoms with van der Waals surface area (Å²) in [5, 5.41) is 27.2. The fourth-order valence-corrected chi connectivity index (χ4v) is 1.38. The van der Waals surface area contributed by atoms with E-state index in [4.69, 9.17) is 5.41 Å². The summed E-state index contributed by atoms with van der Waals surface area (Å²) in [7, 11) is 0. The van der Waals surface area contributed by atoms with Crippen LogP contribution in [0, 0.1) is 5.41 Å². The molecule has 1 aromatic carbocycles. The lowest BCUT2D eigenvalue weighted by atomic mass is 10.1. The molecule has 0 saturated carbocycles. The van der Waals surface area contributed by atoms with Crippen molar-refractivity contribution >= 4 is 24.1 Å². The van der Waals surface area contributed by atoms with Gasteiger partial charge in [0, 0.05) is 17.0 Å². The normalized spacial score (nSPS) is 13.1. The molecule has 0 heterocycles. The lowest BCUT2D eigenvalue weighted by molar-refractivity contribution is 0.469. The van der Waals surface area contributed by atoms with Crippen LogP contribution in [0.5, 0.6) is 5.75 Å². The highest BCUT2D eigenvalue weighted by atomic mass is 16.3.